The first-order valence-corrected chi connectivity index (χ1v) is 8.39. The highest BCUT2D eigenvalue weighted by molar-refractivity contribution is 5.97. The zero-order valence-corrected chi connectivity index (χ0v) is 15.4. The highest BCUT2D eigenvalue weighted by atomic mass is 16.5. The number of amides is 1. The average Bonchev–Trinajstić information content (AvgIpc) is 3.06. The van der Waals surface area contributed by atoms with Gasteiger partial charge in [-0.15, -0.1) is 0 Å². The van der Waals surface area contributed by atoms with Gasteiger partial charge in [0, 0.05) is 12.5 Å². The fraction of sp³-hybridized carbons (Fsp3) is 0.500. The van der Waals surface area contributed by atoms with E-state index in [-0.39, 0.29) is 23.9 Å². The summed E-state index contributed by atoms with van der Waals surface area (Å²) in [5.74, 6) is 1.41. The second-order valence-electron chi connectivity index (χ2n) is 6.34. The van der Waals surface area contributed by atoms with Crippen molar-refractivity contribution in [1.29, 1.82) is 0 Å². The Kier molecular flexibility index (Phi) is 6.52. The molecule has 2 aromatic rings. The van der Waals surface area contributed by atoms with Crippen molar-refractivity contribution in [2.24, 2.45) is 5.92 Å². The third kappa shape index (κ3) is 4.79. The number of carbonyl (C=O) groups excluding carboxylic acids is 1. The van der Waals surface area contributed by atoms with E-state index in [0.717, 1.165) is 0 Å². The van der Waals surface area contributed by atoms with Gasteiger partial charge in [0.2, 0.25) is 5.89 Å². The average molecular weight is 346 g/mol. The van der Waals surface area contributed by atoms with Crippen LogP contribution in [0.1, 0.15) is 48.9 Å². The summed E-state index contributed by atoms with van der Waals surface area (Å²) < 4.78 is 10.6. The van der Waals surface area contributed by atoms with Crippen LogP contribution in [-0.4, -0.2) is 36.2 Å². The second kappa shape index (κ2) is 8.62. The van der Waals surface area contributed by atoms with E-state index in [4.69, 9.17) is 9.26 Å². The van der Waals surface area contributed by atoms with Crippen LogP contribution in [0.15, 0.2) is 28.8 Å². The van der Waals surface area contributed by atoms with E-state index < -0.39 is 0 Å². The molecule has 2 atom stereocenters. The molecule has 7 nitrogen and oxygen atoms in total. The Balaban J connectivity index is 2.17. The number of nitrogens with zero attached hydrogens (tertiary/aromatic N) is 2. The number of methoxy groups -OCH3 is 1. The summed E-state index contributed by atoms with van der Waals surface area (Å²) in [5, 5.41) is 10.1. The predicted octanol–water partition coefficient (Wildman–Crippen LogP) is 2.36. The van der Waals surface area contributed by atoms with Gasteiger partial charge in [-0.1, -0.05) is 31.1 Å². The zero-order chi connectivity index (χ0) is 18.4. The molecule has 0 radical (unpaired) electrons. The maximum Gasteiger partial charge on any atom is 0.255 e. The molecule has 0 aliphatic rings. The Hall–Kier alpha value is -2.41. The Labute approximate surface area is 148 Å². The molecule has 0 saturated heterocycles. The molecule has 2 unspecified atom stereocenters. The fourth-order valence-corrected chi connectivity index (χ4v) is 2.42. The van der Waals surface area contributed by atoms with E-state index in [2.05, 4.69) is 20.8 Å². The quantitative estimate of drug-likeness (QED) is 0.763. The van der Waals surface area contributed by atoms with Gasteiger partial charge < -0.3 is 19.9 Å². The van der Waals surface area contributed by atoms with Gasteiger partial charge in [-0.05, 0) is 32.0 Å². The van der Waals surface area contributed by atoms with Crippen LogP contribution in [-0.2, 0) is 6.42 Å². The highest BCUT2D eigenvalue weighted by Gasteiger charge is 2.26. The minimum Gasteiger partial charge on any atom is -0.496 e. The van der Waals surface area contributed by atoms with E-state index in [9.17, 15) is 4.79 Å². The summed E-state index contributed by atoms with van der Waals surface area (Å²) in [6.45, 7) is 6.03. The molecule has 2 N–H and O–H groups in total. The van der Waals surface area contributed by atoms with E-state index in [1.807, 2.05) is 33.9 Å². The Morgan fingerprint density at radius 1 is 1.28 bits per heavy atom. The number of hydrogen-bond donors (Lipinski definition) is 2. The topological polar surface area (TPSA) is 89.3 Å². The van der Waals surface area contributed by atoms with Gasteiger partial charge in [0.05, 0.1) is 12.7 Å². The third-order valence-electron chi connectivity index (χ3n) is 4.04. The van der Waals surface area contributed by atoms with Crippen LogP contribution < -0.4 is 15.4 Å². The number of aromatic nitrogens is 2. The maximum absolute atomic E-state index is 12.7. The third-order valence-corrected chi connectivity index (χ3v) is 4.04. The molecule has 1 amide bonds. The lowest BCUT2D eigenvalue weighted by molar-refractivity contribution is 0.0911. The molecule has 1 aromatic carbocycles. The molecule has 1 heterocycles. The van der Waals surface area contributed by atoms with Crippen LogP contribution in [0.3, 0.4) is 0 Å². The summed E-state index contributed by atoms with van der Waals surface area (Å²) >= 11 is 0. The largest absolute Gasteiger partial charge is 0.496 e. The van der Waals surface area contributed by atoms with Crippen LogP contribution >= 0.6 is 0 Å². The highest BCUT2D eigenvalue weighted by Crippen LogP contribution is 2.23. The number of ether oxygens (including phenoxy) is 1. The lowest BCUT2D eigenvalue weighted by Crippen LogP contribution is -2.32. The van der Waals surface area contributed by atoms with Crippen molar-refractivity contribution in [1.82, 2.24) is 20.8 Å². The van der Waals surface area contributed by atoms with Crippen LogP contribution in [0, 0.1) is 5.92 Å². The molecule has 25 heavy (non-hydrogen) atoms. The fourth-order valence-electron chi connectivity index (χ4n) is 2.42. The van der Waals surface area contributed by atoms with Crippen LogP contribution in [0.4, 0.5) is 0 Å². The number of hydrogen-bond acceptors (Lipinski definition) is 6. The Bertz CT molecular complexity index is 699. The van der Waals surface area contributed by atoms with Crippen molar-refractivity contribution in [2.75, 3.05) is 14.2 Å². The van der Waals surface area contributed by atoms with E-state index in [1.165, 1.54) is 0 Å². The van der Waals surface area contributed by atoms with Crippen LogP contribution in [0.25, 0.3) is 0 Å². The van der Waals surface area contributed by atoms with Crippen molar-refractivity contribution >= 4 is 5.91 Å². The van der Waals surface area contributed by atoms with Gasteiger partial charge in [0.25, 0.3) is 5.91 Å². The number of para-hydroxylation sites is 1. The Morgan fingerprint density at radius 2 is 2.00 bits per heavy atom. The standard InChI is InChI=1S/C18H26N4O3/c1-11(2)16(18-20-15(22-25-18)10-12(3)19-4)21-17(23)13-8-6-7-9-14(13)24-5/h6-9,11-12,16,19H,10H2,1-5H3,(H,21,23). The molecule has 0 aliphatic carbocycles. The van der Waals surface area contributed by atoms with E-state index >= 15 is 0 Å². The van der Waals surface area contributed by atoms with Crippen molar-refractivity contribution in [3.63, 3.8) is 0 Å². The molecular weight excluding hydrogens is 320 g/mol. The van der Waals surface area contributed by atoms with Crippen molar-refractivity contribution in [2.45, 2.75) is 39.3 Å². The van der Waals surface area contributed by atoms with Gasteiger partial charge in [-0.25, -0.2) is 0 Å². The minimum absolute atomic E-state index is 0.0914. The molecule has 0 bridgehead atoms. The summed E-state index contributed by atoms with van der Waals surface area (Å²) in [6.07, 6.45) is 0.658. The van der Waals surface area contributed by atoms with Crippen LogP contribution in [0.5, 0.6) is 5.75 Å². The van der Waals surface area contributed by atoms with Gasteiger partial charge in [0.1, 0.15) is 11.8 Å². The first kappa shape index (κ1) is 18.9. The van der Waals surface area contributed by atoms with E-state index in [0.29, 0.717) is 29.4 Å². The maximum atomic E-state index is 12.7. The van der Waals surface area contributed by atoms with Crippen molar-refractivity contribution in [3.8, 4) is 5.75 Å². The van der Waals surface area contributed by atoms with Crippen molar-refractivity contribution < 1.29 is 14.1 Å². The molecule has 0 spiro atoms. The van der Waals surface area contributed by atoms with Gasteiger partial charge in [-0.3, -0.25) is 4.79 Å². The normalized spacial score (nSPS) is 13.5. The zero-order valence-electron chi connectivity index (χ0n) is 15.4. The summed E-state index contributed by atoms with van der Waals surface area (Å²) in [7, 11) is 3.43. The smallest absolute Gasteiger partial charge is 0.255 e. The van der Waals surface area contributed by atoms with Gasteiger partial charge in [-0.2, -0.15) is 4.98 Å². The number of rotatable bonds is 8. The summed E-state index contributed by atoms with van der Waals surface area (Å²) in [4.78, 5) is 17.1. The first-order valence-electron chi connectivity index (χ1n) is 8.39. The monoisotopic (exact) mass is 346 g/mol. The first-order chi connectivity index (χ1) is 12.0. The van der Waals surface area contributed by atoms with Gasteiger partial charge in [0.15, 0.2) is 5.82 Å². The molecule has 7 heteroatoms. The summed E-state index contributed by atoms with van der Waals surface area (Å²) in [5.41, 5.74) is 0.471. The predicted molar refractivity (Wildman–Crippen MR) is 94.6 cm³/mol. The lowest BCUT2D eigenvalue weighted by atomic mass is 10.0. The van der Waals surface area contributed by atoms with Crippen LogP contribution in [0.2, 0.25) is 0 Å². The molecule has 0 aliphatic heterocycles. The minimum atomic E-state index is -0.372. The molecule has 0 fully saturated rings. The molecular formula is C18H26N4O3. The van der Waals surface area contributed by atoms with Crippen molar-refractivity contribution in [3.05, 3.63) is 41.5 Å². The SMILES string of the molecule is CNC(C)Cc1noc(C(NC(=O)c2ccccc2OC)C(C)C)n1. The second-order valence-corrected chi connectivity index (χ2v) is 6.34. The Morgan fingerprint density at radius 3 is 2.64 bits per heavy atom. The lowest BCUT2D eigenvalue weighted by Gasteiger charge is -2.19. The molecule has 0 saturated carbocycles. The molecule has 2 rings (SSSR count). The van der Waals surface area contributed by atoms with E-state index in [1.54, 1.807) is 25.3 Å². The molecule has 136 valence electrons. The number of benzene rings is 1. The van der Waals surface area contributed by atoms with Gasteiger partial charge >= 0.3 is 0 Å². The number of likely N-dealkylation sites (N-methyl/N-ethyl adjacent to an activating group) is 1. The number of carbonyl (C=O) groups is 1. The summed E-state index contributed by atoms with van der Waals surface area (Å²) in [6, 6.07) is 6.96. The number of nitrogens with one attached hydrogen (secondary N) is 2. The molecule has 1 aromatic heterocycles.